The van der Waals surface area contributed by atoms with E-state index in [0.29, 0.717) is 5.56 Å². The van der Waals surface area contributed by atoms with Crippen molar-refractivity contribution in [3.05, 3.63) is 168 Å². The van der Waals surface area contributed by atoms with Crippen molar-refractivity contribution in [2.75, 3.05) is 7.11 Å². The molecule has 6 nitrogen and oxygen atoms in total. The third kappa shape index (κ3) is 6.30. The van der Waals surface area contributed by atoms with Gasteiger partial charge in [-0.2, -0.15) is 0 Å². The molecule has 0 saturated heterocycles. The molecule has 0 unspecified atom stereocenters. The van der Waals surface area contributed by atoms with E-state index >= 15 is 0 Å². The molecule has 7 aromatic rings. The van der Waals surface area contributed by atoms with Gasteiger partial charge in [-0.15, -0.1) is 22.1 Å². The molecule has 2 aliphatic rings. The molecule has 0 atom stereocenters. The molecule has 9 rings (SSSR count). The molecule has 1 radical (unpaired) electrons. The Kier molecular flexibility index (Phi) is 9.17. The van der Waals surface area contributed by atoms with Crippen LogP contribution in [0.2, 0.25) is 0 Å². The molecule has 0 spiro atoms. The molecule has 0 amide bonds. The van der Waals surface area contributed by atoms with Crippen LogP contribution < -0.4 is 9.97 Å². The molecule has 7 heteroatoms. The third-order valence-corrected chi connectivity index (χ3v) is 9.39. The van der Waals surface area contributed by atoms with Gasteiger partial charge in [-0.05, 0) is 80.9 Å². The number of ether oxygens (including phenoxy) is 1. The standard InChI is InChI=1S/C46H31N4O2.Au/c1-52-46(51)33-19-17-32(18-20-33)45-40-27-25-38(49-40)43(30-13-7-3-8-14-30)36-23-21-34(47-36)42(29-11-5-2-6-12-29)35-22-24-37(48-35)44(31-15-9-4-10-16-31)39-26-28-41(45)50-39;/h2-28H,1H3,(H-,47,48,49,50,51);/q-1;/p-1. The van der Waals surface area contributed by atoms with Crippen LogP contribution in [-0.4, -0.2) is 23.0 Å². The summed E-state index contributed by atoms with van der Waals surface area (Å²) in [4.78, 5) is 33.5. The Hall–Kier alpha value is -6.31. The SMILES string of the molecule is COC(=O)c1ccc(-c2c3nc(c(-c4ccccc4)c4ccc([n-]4)c(-c4ccccc4)c4nc(c(-c5ccccc5)c5ccc2[n-]5)C=C4)C=C3)cc1.[Au]. The average Bonchev–Trinajstić information content (AvgIpc) is 4.04. The maximum Gasteiger partial charge on any atom is 0.337 e. The van der Waals surface area contributed by atoms with Crippen molar-refractivity contribution in [3.63, 3.8) is 0 Å². The Morgan fingerprint density at radius 3 is 1.04 bits per heavy atom. The van der Waals surface area contributed by atoms with Crippen LogP contribution in [0.4, 0.5) is 0 Å². The summed E-state index contributed by atoms with van der Waals surface area (Å²) in [5.41, 5.74) is 14.4. The molecular formula is C46H30AuN4O2-2. The van der Waals surface area contributed by atoms with E-state index in [4.69, 9.17) is 24.7 Å². The van der Waals surface area contributed by atoms with Gasteiger partial charge >= 0.3 is 5.97 Å². The van der Waals surface area contributed by atoms with Crippen LogP contribution in [0.15, 0.2) is 140 Å². The first kappa shape index (κ1) is 33.8. The summed E-state index contributed by atoms with van der Waals surface area (Å²) in [6.45, 7) is 0. The topological polar surface area (TPSA) is 80.3 Å². The van der Waals surface area contributed by atoms with Crippen molar-refractivity contribution in [3.8, 4) is 44.5 Å². The first-order valence-corrected chi connectivity index (χ1v) is 17.1. The maximum absolute atomic E-state index is 12.3. The minimum atomic E-state index is -0.392. The minimum Gasteiger partial charge on any atom is -0.657 e. The summed E-state index contributed by atoms with van der Waals surface area (Å²) in [6.07, 6.45) is 8.22. The predicted octanol–water partition coefficient (Wildman–Crippen LogP) is 10.4. The summed E-state index contributed by atoms with van der Waals surface area (Å²) >= 11 is 0. The van der Waals surface area contributed by atoms with Crippen LogP contribution in [0.25, 0.3) is 90.9 Å². The van der Waals surface area contributed by atoms with E-state index in [-0.39, 0.29) is 22.4 Å². The molecule has 0 N–H and O–H groups in total. The van der Waals surface area contributed by atoms with Crippen molar-refractivity contribution in [1.29, 1.82) is 0 Å². The first-order chi connectivity index (χ1) is 25.6. The summed E-state index contributed by atoms with van der Waals surface area (Å²) in [5.74, 6) is -0.392. The smallest absolute Gasteiger partial charge is 0.337 e. The number of carbonyl (C=O) groups excluding carboxylic acids is 1. The van der Waals surface area contributed by atoms with Gasteiger partial charge in [-0.1, -0.05) is 127 Å². The molecular weight excluding hydrogens is 837 g/mol. The van der Waals surface area contributed by atoms with Gasteiger partial charge in [0.15, 0.2) is 0 Å². The number of carbonyl (C=O) groups is 1. The zero-order valence-corrected chi connectivity index (χ0v) is 30.7. The number of hydrogen-bond acceptors (Lipinski definition) is 4. The second-order valence-electron chi connectivity index (χ2n) is 12.5. The zero-order chi connectivity index (χ0) is 35.0. The van der Waals surface area contributed by atoms with Crippen LogP contribution in [0, 0.1) is 0 Å². The number of hydrogen-bond donors (Lipinski definition) is 0. The number of nitrogens with zero attached hydrogens (tertiary/aromatic N) is 4. The quantitative estimate of drug-likeness (QED) is 0.127. The van der Waals surface area contributed by atoms with E-state index in [0.717, 1.165) is 89.4 Å². The van der Waals surface area contributed by atoms with Crippen molar-refractivity contribution in [2.24, 2.45) is 0 Å². The van der Waals surface area contributed by atoms with Crippen LogP contribution in [0.3, 0.4) is 0 Å². The fourth-order valence-corrected chi connectivity index (χ4v) is 6.98. The van der Waals surface area contributed by atoms with Crippen molar-refractivity contribution >= 4 is 52.3 Å². The monoisotopic (exact) mass is 867 g/mol. The van der Waals surface area contributed by atoms with Gasteiger partial charge in [0, 0.05) is 22.4 Å². The fourth-order valence-electron chi connectivity index (χ4n) is 6.98. The number of benzene rings is 4. The number of aromatic nitrogens is 4. The average molecular weight is 868 g/mol. The Morgan fingerprint density at radius 1 is 0.434 bits per heavy atom. The van der Waals surface area contributed by atoms with Gasteiger partial charge in [0.1, 0.15) is 0 Å². The number of fused-ring (bicyclic) bond motifs is 8. The van der Waals surface area contributed by atoms with E-state index < -0.39 is 5.97 Å². The molecule has 8 bridgehead atoms. The fraction of sp³-hybridized carbons (Fsp3) is 0.0217. The van der Waals surface area contributed by atoms with Crippen LogP contribution >= 0.6 is 0 Å². The molecule has 0 aliphatic carbocycles. The van der Waals surface area contributed by atoms with E-state index in [1.165, 1.54) is 7.11 Å². The Balaban J connectivity index is 0.00000400. The second-order valence-corrected chi connectivity index (χ2v) is 12.5. The van der Waals surface area contributed by atoms with Gasteiger partial charge in [-0.3, -0.25) is 0 Å². The molecule has 0 saturated carbocycles. The summed E-state index contributed by atoms with van der Waals surface area (Å²) in [6, 6.07) is 46.4. The first-order valence-electron chi connectivity index (χ1n) is 17.1. The molecule has 3 aromatic heterocycles. The van der Waals surface area contributed by atoms with E-state index in [1.54, 1.807) is 12.1 Å². The molecule has 5 heterocycles. The van der Waals surface area contributed by atoms with Crippen LogP contribution in [-0.2, 0) is 27.1 Å². The van der Waals surface area contributed by atoms with Gasteiger partial charge < -0.3 is 14.7 Å². The molecule has 4 aromatic carbocycles. The summed E-state index contributed by atoms with van der Waals surface area (Å²) < 4.78 is 4.97. The van der Waals surface area contributed by atoms with E-state index in [9.17, 15) is 4.79 Å². The Bertz CT molecular complexity index is 2680. The van der Waals surface area contributed by atoms with Crippen molar-refractivity contribution in [2.45, 2.75) is 0 Å². The Labute approximate surface area is 322 Å². The molecule has 0 fully saturated rings. The molecule has 53 heavy (non-hydrogen) atoms. The van der Waals surface area contributed by atoms with Gasteiger partial charge in [0.05, 0.1) is 35.4 Å². The minimum absolute atomic E-state index is 0. The van der Waals surface area contributed by atoms with Crippen LogP contribution in [0.1, 0.15) is 33.1 Å². The van der Waals surface area contributed by atoms with E-state index in [1.807, 2.05) is 91.0 Å². The largest absolute Gasteiger partial charge is 0.657 e. The van der Waals surface area contributed by atoms with Crippen molar-refractivity contribution in [1.82, 2.24) is 19.9 Å². The summed E-state index contributed by atoms with van der Waals surface area (Å²) in [5, 5.41) is 0. The molecule has 2 aliphatic heterocycles. The van der Waals surface area contributed by atoms with Crippen LogP contribution in [0.5, 0.6) is 0 Å². The van der Waals surface area contributed by atoms with E-state index in [2.05, 4.69) is 60.7 Å². The number of rotatable bonds is 5. The number of methoxy groups -OCH3 is 1. The summed E-state index contributed by atoms with van der Waals surface area (Å²) in [7, 11) is 1.38. The van der Waals surface area contributed by atoms with Gasteiger partial charge in [0.25, 0.3) is 0 Å². The second kappa shape index (κ2) is 14.4. The third-order valence-electron chi connectivity index (χ3n) is 9.39. The zero-order valence-electron chi connectivity index (χ0n) is 28.5. The predicted molar refractivity (Wildman–Crippen MR) is 210 cm³/mol. The van der Waals surface area contributed by atoms with Gasteiger partial charge in [0.2, 0.25) is 0 Å². The number of esters is 1. The van der Waals surface area contributed by atoms with Crippen molar-refractivity contribution < 1.29 is 31.9 Å². The maximum atomic E-state index is 12.3. The Morgan fingerprint density at radius 2 is 0.736 bits per heavy atom. The normalized spacial score (nSPS) is 11.6. The van der Waals surface area contributed by atoms with Gasteiger partial charge in [-0.25, -0.2) is 14.8 Å². The molecule has 259 valence electrons.